The third kappa shape index (κ3) is 6.13. The minimum absolute atomic E-state index is 0.454. The standard InChI is InChI=1S/C27H32O2SSi/c1-22-15-17-25(18-16-22)30(29)26(21-31(2,3)4)27(28,24-13-9-6-10-14-24)20-19-23-11-7-5-8-12-23/h5-20,26,28H,21H2,1-4H3/b20-19+/t26-,27?,30-/m0/s1. The van der Waals surface area contributed by atoms with Crippen LogP contribution in [0.15, 0.2) is 95.9 Å². The lowest BCUT2D eigenvalue weighted by Gasteiger charge is -2.37. The zero-order valence-electron chi connectivity index (χ0n) is 18.8. The summed E-state index contributed by atoms with van der Waals surface area (Å²) in [6.45, 7) is 8.81. The van der Waals surface area contributed by atoms with Crippen LogP contribution in [-0.2, 0) is 16.4 Å². The summed E-state index contributed by atoms with van der Waals surface area (Å²) < 4.78 is 13.9. The molecule has 0 heterocycles. The van der Waals surface area contributed by atoms with E-state index in [1.54, 1.807) is 0 Å². The average Bonchev–Trinajstić information content (AvgIpc) is 2.77. The van der Waals surface area contributed by atoms with Gasteiger partial charge in [-0.05, 0) is 42.3 Å². The minimum atomic E-state index is -1.66. The molecule has 3 rings (SSSR count). The van der Waals surface area contributed by atoms with E-state index in [2.05, 4.69) is 19.6 Å². The van der Waals surface area contributed by atoms with Crippen molar-refractivity contribution in [3.63, 3.8) is 0 Å². The highest BCUT2D eigenvalue weighted by Crippen LogP contribution is 2.37. The number of benzene rings is 3. The van der Waals surface area contributed by atoms with Crippen LogP contribution in [0.2, 0.25) is 25.7 Å². The van der Waals surface area contributed by atoms with E-state index in [0.29, 0.717) is 0 Å². The fourth-order valence-corrected chi connectivity index (χ4v) is 8.47. The van der Waals surface area contributed by atoms with Gasteiger partial charge < -0.3 is 5.11 Å². The number of hydrogen-bond acceptors (Lipinski definition) is 2. The van der Waals surface area contributed by atoms with E-state index >= 15 is 0 Å². The van der Waals surface area contributed by atoms with Crippen LogP contribution in [0.25, 0.3) is 6.08 Å². The first kappa shape index (κ1) is 23.4. The van der Waals surface area contributed by atoms with Crippen LogP contribution >= 0.6 is 0 Å². The Morgan fingerprint density at radius 3 is 2.00 bits per heavy atom. The second-order valence-corrected chi connectivity index (χ2v) is 16.5. The van der Waals surface area contributed by atoms with Gasteiger partial charge in [0.05, 0.1) is 16.0 Å². The highest BCUT2D eigenvalue weighted by atomic mass is 32.2. The number of hydrogen-bond donors (Lipinski definition) is 1. The number of aryl methyl sites for hydroxylation is 1. The van der Waals surface area contributed by atoms with Crippen LogP contribution in [0.3, 0.4) is 0 Å². The Bertz CT molecular complexity index is 1020. The van der Waals surface area contributed by atoms with Crippen molar-refractivity contribution in [2.24, 2.45) is 0 Å². The van der Waals surface area contributed by atoms with Gasteiger partial charge in [-0.1, -0.05) is 104 Å². The topological polar surface area (TPSA) is 37.3 Å². The summed E-state index contributed by atoms with van der Waals surface area (Å²) in [7, 11) is -3.04. The SMILES string of the molecule is Cc1ccc([S@](=O)[C@@H](C[Si](C)(C)C)C(O)(/C=C/c2ccccc2)c2ccccc2)cc1. The molecular weight excluding hydrogens is 416 g/mol. The van der Waals surface area contributed by atoms with E-state index in [1.165, 1.54) is 0 Å². The molecule has 3 aromatic rings. The largest absolute Gasteiger partial charge is 0.380 e. The Morgan fingerprint density at radius 2 is 1.45 bits per heavy atom. The second-order valence-electron chi connectivity index (χ2n) is 9.30. The second kappa shape index (κ2) is 9.90. The molecule has 0 amide bonds. The van der Waals surface area contributed by atoms with Gasteiger partial charge in [-0.3, -0.25) is 4.21 Å². The van der Waals surface area contributed by atoms with Gasteiger partial charge in [0.15, 0.2) is 0 Å². The number of aliphatic hydroxyl groups is 1. The van der Waals surface area contributed by atoms with E-state index in [0.717, 1.165) is 27.6 Å². The van der Waals surface area contributed by atoms with Crippen LogP contribution in [0.4, 0.5) is 0 Å². The molecule has 0 spiro atoms. The van der Waals surface area contributed by atoms with Gasteiger partial charge in [0.1, 0.15) is 5.60 Å². The van der Waals surface area contributed by atoms with Gasteiger partial charge in [0.2, 0.25) is 0 Å². The van der Waals surface area contributed by atoms with Gasteiger partial charge >= 0.3 is 0 Å². The fourth-order valence-electron chi connectivity index (χ4n) is 3.67. The minimum Gasteiger partial charge on any atom is -0.380 e. The normalized spacial score (nSPS) is 16.0. The first-order valence-corrected chi connectivity index (χ1v) is 15.6. The lowest BCUT2D eigenvalue weighted by molar-refractivity contribution is 0.0903. The molecule has 0 aliphatic rings. The quantitative estimate of drug-likeness (QED) is 0.404. The van der Waals surface area contributed by atoms with Crippen molar-refractivity contribution in [3.8, 4) is 0 Å². The summed E-state index contributed by atoms with van der Waals surface area (Å²) in [4.78, 5) is 0.760. The van der Waals surface area contributed by atoms with Crippen LogP contribution in [0, 0.1) is 6.92 Å². The Hall–Kier alpha value is -2.27. The first-order valence-electron chi connectivity index (χ1n) is 10.7. The molecule has 0 saturated carbocycles. The monoisotopic (exact) mass is 448 g/mol. The maximum atomic E-state index is 13.9. The van der Waals surface area contributed by atoms with Crippen molar-refractivity contribution in [2.45, 2.75) is 48.4 Å². The first-order chi connectivity index (χ1) is 14.7. The Labute approximate surface area is 190 Å². The Morgan fingerprint density at radius 1 is 0.903 bits per heavy atom. The predicted octanol–water partition coefficient (Wildman–Crippen LogP) is 6.41. The molecule has 3 aromatic carbocycles. The molecular formula is C27H32O2SSi. The van der Waals surface area contributed by atoms with Crippen LogP contribution < -0.4 is 0 Å². The molecule has 0 aliphatic carbocycles. The van der Waals surface area contributed by atoms with Crippen molar-refractivity contribution < 1.29 is 9.32 Å². The third-order valence-corrected chi connectivity index (χ3v) is 9.07. The Kier molecular flexibility index (Phi) is 7.47. The van der Waals surface area contributed by atoms with Crippen molar-refractivity contribution >= 4 is 24.9 Å². The summed E-state index contributed by atoms with van der Waals surface area (Å²) >= 11 is 0. The van der Waals surface area contributed by atoms with Gasteiger partial charge in [0.25, 0.3) is 0 Å². The van der Waals surface area contributed by atoms with Gasteiger partial charge in [0, 0.05) is 13.0 Å². The Balaban J connectivity index is 2.13. The van der Waals surface area contributed by atoms with Crippen molar-refractivity contribution in [2.75, 3.05) is 0 Å². The predicted molar refractivity (Wildman–Crippen MR) is 135 cm³/mol. The summed E-state index contributed by atoms with van der Waals surface area (Å²) in [5, 5.41) is 11.7. The highest BCUT2D eigenvalue weighted by molar-refractivity contribution is 7.86. The number of rotatable bonds is 8. The molecule has 31 heavy (non-hydrogen) atoms. The molecule has 0 fully saturated rings. The summed E-state index contributed by atoms with van der Waals surface area (Å²) in [6, 6.07) is 28.2. The molecule has 0 saturated heterocycles. The van der Waals surface area contributed by atoms with Crippen LogP contribution in [0.1, 0.15) is 16.7 Å². The molecule has 3 atom stereocenters. The third-order valence-electron chi connectivity index (χ3n) is 5.37. The summed E-state index contributed by atoms with van der Waals surface area (Å²) in [5.41, 5.74) is 1.55. The highest BCUT2D eigenvalue weighted by Gasteiger charge is 2.43. The summed E-state index contributed by atoms with van der Waals surface area (Å²) in [6.07, 6.45) is 3.78. The average molecular weight is 449 g/mol. The van der Waals surface area contributed by atoms with Gasteiger partial charge in [-0.2, -0.15) is 0 Å². The molecule has 1 N–H and O–H groups in total. The van der Waals surface area contributed by atoms with E-state index in [9.17, 15) is 9.32 Å². The molecule has 0 bridgehead atoms. The van der Waals surface area contributed by atoms with Gasteiger partial charge in [-0.25, -0.2) is 0 Å². The van der Waals surface area contributed by atoms with Crippen LogP contribution in [0.5, 0.6) is 0 Å². The molecule has 162 valence electrons. The lowest BCUT2D eigenvalue weighted by atomic mass is 9.89. The zero-order valence-corrected chi connectivity index (χ0v) is 20.6. The van der Waals surface area contributed by atoms with E-state index in [1.807, 2.05) is 104 Å². The molecule has 0 aliphatic heterocycles. The molecule has 1 unspecified atom stereocenters. The van der Waals surface area contributed by atoms with E-state index < -0.39 is 29.7 Å². The van der Waals surface area contributed by atoms with E-state index in [4.69, 9.17) is 0 Å². The lowest BCUT2D eigenvalue weighted by Crippen LogP contribution is -2.45. The molecule has 0 radical (unpaired) electrons. The molecule has 2 nitrogen and oxygen atoms in total. The van der Waals surface area contributed by atoms with E-state index in [-0.39, 0.29) is 0 Å². The van der Waals surface area contributed by atoms with Gasteiger partial charge in [-0.15, -0.1) is 0 Å². The van der Waals surface area contributed by atoms with Crippen molar-refractivity contribution in [1.82, 2.24) is 0 Å². The molecule has 0 aromatic heterocycles. The zero-order chi connectivity index (χ0) is 22.5. The smallest absolute Gasteiger partial charge is 0.122 e. The maximum absolute atomic E-state index is 13.9. The van der Waals surface area contributed by atoms with Crippen molar-refractivity contribution in [1.29, 1.82) is 0 Å². The fraction of sp³-hybridized carbons (Fsp3) is 0.259. The summed E-state index contributed by atoms with van der Waals surface area (Å²) in [5.74, 6) is 0. The molecule has 4 heteroatoms. The maximum Gasteiger partial charge on any atom is 0.122 e. The van der Waals surface area contributed by atoms with Crippen molar-refractivity contribution in [3.05, 3.63) is 108 Å². The van der Waals surface area contributed by atoms with Crippen LogP contribution in [-0.4, -0.2) is 22.6 Å².